The molecule has 0 spiro atoms. The van der Waals surface area contributed by atoms with Crippen LogP contribution in [0.5, 0.6) is 0 Å². The average molecular weight is 663 g/mol. The first kappa shape index (κ1) is 30.0. The number of hydrogen-bond acceptors (Lipinski definition) is 1. The van der Waals surface area contributed by atoms with Crippen LogP contribution in [-0.4, -0.2) is 4.57 Å². The van der Waals surface area contributed by atoms with Crippen LogP contribution in [0.3, 0.4) is 0 Å². The molecule has 0 unspecified atom stereocenters. The van der Waals surface area contributed by atoms with Crippen LogP contribution >= 0.6 is 0 Å². The summed E-state index contributed by atoms with van der Waals surface area (Å²) in [6, 6.07) is 74.6. The van der Waals surface area contributed by atoms with Gasteiger partial charge in [-0.1, -0.05) is 158 Å². The van der Waals surface area contributed by atoms with E-state index >= 15 is 0 Å². The average Bonchev–Trinajstić information content (AvgIpc) is 3.56. The van der Waals surface area contributed by atoms with Crippen molar-refractivity contribution in [3.8, 4) is 27.9 Å². The zero-order chi connectivity index (χ0) is 34.4. The van der Waals surface area contributed by atoms with E-state index in [9.17, 15) is 0 Å². The van der Waals surface area contributed by atoms with E-state index in [1.165, 1.54) is 71.3 Å². The zero-order valence-corrected chi connectivity index (χ0v) is 28.5. The molecular weight excluding hydrogens is 629 g/mol. The van der Waals surface area contributed by atoms with Crippen LogP contribution in [-0.2, 0) is 0 Å². The molecule has 0 aliphatic carbocycles. The van der Waals surface area contributed by atoms with Gasteiger partial charge in [0.2, 0.25) is 0 Å². The van der Waals surface area contributed by atoms with Gasteiger partial charge in [-0.2, -0.15) is 0 Å². The van der Waals surface area contributed by atoms with Crippen LogP contribution in [0.1, 0.15) is 0 Å². The van der Waals surface area contributed by atoms with Crippen LogP contribution in [0.4, 0.5) is 17.1 Å². The van der Waals surface area contributed by atoms with Crippen LogP contribution in [0.15, 0.2) is 206 Å². The number of para-hydroxylation sites is 3. The topological polar surface area (TPSA) is 8.17 Å². The van der Waals surface area contributed by atoms with E-state index in [0.29, 0.717) is 0 Å². The Morgan fingerprint density at radius 2 is 0.731 bits per heavy atom. The largest absolute Gasteiger partial charge is 0.309 e. The quantitative estimate of drug-likeness (QED) is 0.161. The highest BCUT2D eigenvalue weighted by atomic mass is 15.1. The van der Waals surface area contributed by atoms with Crippen molar-refractivity contribution < 1.29 is 0 Å². The van der Waals surface area contributed by atoms with Gasteiger partial charge in [-0.3, -0.25) is 0 Å². The van der Waals surface area contributed by atoms with Gasteiger partial charge in [0.15, 0.2) is 0 Å². The summed E-state index contributed by atoms with van der Waals surface area (Å²) in [5, 5.41) is 7.38. The van der Waals surface area contributed by atoms with Crippen LogP contribution in [0.25, 0.3) is 71.3 Å². The van der Waals surface area contributed by atoms with E-state index in [0.717, 1.165) is 17.1 Å². The third-order valence-corrected chi connectivity index (χ3v) is 10.4. The molecule has 2 nitrogen and oxygen atoms in total. The van der Waals surface area contributed by atoms with Crippen molar-refractivity contribution in [3.05, 3.63) is 206 Å². The molecule has 0 aliphatic heterocycles. The standard InChI is InChI=1S/C50H34N2/c1-3-17-35(18-4-1)39-21-7-8-24-42(39)49-43-25-9-11-27-45(43)50(46-28-12-10-26-44(46)49)51(36-19-5-2-6-20-36)37-31-33-38(34-32-37)52-47-29-15-13-22-40(47)41-23-14-16-30-48(41)52/h1-34H. The summed E-state index contributed by atoms with van der Waals surface area (Å²) in [4.78, 5) is 2.44. The zero-order valence-electron chi connectivity index (χ0n) is 28.5. The second kappa shape index (κ2) is 12.5. The maximum absolute atomic E-state index is 2.44. The molecule has 10 rings (SSSR count). The first-order chi connectivity index (χ1) is 25.8. The van der Waals surface area contributed by atoms with Gasteiger partial charge in [-0.25, -0.2) is 0 Å². The van der Waals surface area contributed by atoms with Crippen LogP contribution < -0.4 is 4.90 Å². The smallest absolute Gasteiger partial charge is 0.0618 e. The van der Waals surface area contributed by atoms with Crippen LogP contribution in [0.2, 0.25) is 0 Å². The van der Waals surface area contributed by atoms with Gasteiger partial charge in [-0.05, 0) is 81.6 Å². The van der Waals surface area contributed by atoms with Crippen molar-refractivity contribution in [3.63, 3.8) is 0 Å². The normalized spacial score (nSPS) is 11.5. The fraction of sp³-hybridized carbons (Fsp3) is 0. The van der Waals surface area contributed by atoms with Crippen molar-refractivity contribution in [2.24, 2.45) is 0 Å². The molecule has 10 aromatic rings. The monoisotopic (exact) mass is 662 g/mol. The summed E-state index contributed by atoms with van der Waals surface area (Å²) in [5.41, 5.74) is 11.9. The third-order valence-electron chi connectivity index (χ3n) is 10.4. The first-order valence-electron chi connectivity index (χ1n) is 17.9. The molecular formula is C50H34N2. The summed E-state index contributed by atoms with van der Waals surface area (Å²) in [5.74, 6) is 0. The summed E-state index contributed by atoms with van der Waals surface area (Å²) < 4.78 is 2.38. The minimum atomic E-state index is 1.10. The lowest BCUT2D eigenvalue weighted by Gasteiger charge is -2.30. The van der Waals surface area contributed by atoms with Crippen molar-refractivity contribution in [2.45, 2.75) is 0 Å². The molecule has 0 N–H and O–H groups in total. The highest BCUT2D eigenvalue weighted by Crippen LogP contribution is 2.49. The van der Waals surface area contributed by atoms with Crippen molar-refractivity contribution in [1.82, 2.24) is 4.57 Å². The van der Waals surface area contributed by atoms with Crippen molar-refractivity contribution in [2.75, 3.05) is 4.90 Å². The lowest BCUT2D eigenvalue weighted by atomic mass is 9.86. The number of anilines is 3. The molecule has 2 heteroatoms. The van der Waals surface area contributed by atoms with E-state index in [4.69, 9.17) is 0 Å². The summed E-state index contributed by atoms with van der Waals surface area (Å²) in [6.45, 7) is 0. The summed E-state index contributed by atoms with van der Waals surface area (Å²) in [7, 11) is 0. The molecule has 0 saturated carbocycles. The second-order valence-corrected chi connectivity index (χ2v) is 13.3. The van der Waals surface area contributed by atoms with Gasteiger partial charge in [-0.15, -0.1) is 0 Å². The molecule has 0 fully saturated rings. The number of aromatic nitrogens is 1. The van der Waals surface area contributed by atoms with Crippen LogP contribution in [0, 0.1) is 0 Å². The molecule has 52 heavy (non-hydrogen) atoms. The number of rotatable bonds is 6. The van der Waals surface area contributed by atoms with E-state index in [2.05, 4.69) is 216 Å². The number of hydrogen-bond donors (Lipinski definition) is 0. The van der Waals surface area contributed by atoms with E-state index < -0.39 is 0 Å². The summed E-state index contributed by atoms with van der Waals surface area (Å²) in [6.07, 6.45) is 0. The van der Waals surface area contributed by atoms with Gasteiger partial charge >= 0.3 is 0 Å². The second-order valence-electron chi connectivity index (χ2n) is 13.3. The first-order valence-corrected chi connectivity index (χ1v) is 17.9. The fourth-order valence-corrected chi connectivity index (χ4v) is 8.14. The summed E-state index contributed by atoms with van der Waals surface area (Å²) >= 11 is 0. The Morgan fingerprint density at radius 1 is 0.308 bits per heavy atom. The predicted molar refractivity (Wildman–Crippen MR) is 221 cm³/mol. The minimum Gasteiger partial charge on any atom is -0.309 e. The molecule has 1 aromatic heterocycles. The van der Waals surface area contributed by atoms with Gasteiger partial charge in [0.05, 0.1) is 16.7 Å². The minimum absolute atomic E-state index is 1.10. The van der Waals surface area contributed by atoms with Crippen molar-refractivity contribution >= 4 is 60.4 Å². The van der Waals surface area contributed by atoms with Gasteiger partial charge < -0.3 is 9.47 Å². The Labute approximate surface area is 303 Å². The van der Waals surface area contributed by atoms with E-state index in [1.807, 2.05) is 0 Å². The maximum Gasteiger partial charge on any atom is 0.0618 e. The van der Waals surface area contributed by atoms with Crippen molar-refractivity contribution in [1.29, 1.82) is 0 Å². The fourth-order valence-electron chi connectivity index (χ4n) is 8.14. The Kier molecular flexibility index (Phi) is 7.18. The molecule has 9 aromatic carbocycles. The maximum atomic E-state index is 2.44. The number of nitrogens with zero attached hydrogens (tertiary/aromatic N) is 2. The number of benzene rings is 9. The van der Waals surface area contributed by atoms with Gasteiger partial charge in [0.1, 0.15) is 0 Å². The predicted octanol–water partition coefficient (Wildman–Crippen LogP) is 13.9. The van der Waals surface area contributed by atoms with E-state index in [1.54, 1.807) is 0 Å². The SMILES string of the molecule is c1ccc(-c2ccccc2-c2c3ccccc3c(N(c3ccccc3)c3ccc(-n4c5ccccc5c5ccccc54)cc3)c3ccccc23)cc1. The van der Waals surface area contributed by atoms with Gasteiger partial charge in [0.25, 0.3) is 0 Å². The third kappa shape index (κ3) is 4.80. The highest BCUT2D eigenvalue weighted by Gasteiger charge is 2.23. The lowest BCUT2D eigenvalue weighted by Crippen LogP contribution is -2.11. The molecule has 244 valence electrons. The van der Waals surface area contributed by atoms with E-state index in [-0.39, 0.29) is 0 Å². The molecule has 0 amide bonds. The molecule has 0 bridgehead atoms. The Hall–Kier alpha value is -6.90. The molecule has 0 atom stereocenters. The Bertz CT molecular complexity index is 2780. The molecule has 0 saturated heterocycles. The number of fused-ring (bicyclic) bond motifs is 5. The molecule has 0 aliphatic rings. The molecule has 1 heterocycles. The lowest BCUT2D eigenvalue weighted by molar-refractivity contribution is 1.17. The molecule has 0 radical (unpaired) electrons. The highest BCUT2D eigenvalue weighted by molar-refractivity contribution is 6.23. The van der Waals surface area contributed by atoms with Gasteiger partial charge in [0, 0.05) is 38.6 Å². The Morgan fingerprint density at radius 3 is 1.31 bits per heavy atom. The Balaban J connectivity index is 1.22.